The molecule has 1 rings (SSSR count). The van der Waals surface area contributed by atoms with Gasteiger partial charge in [-0.25, -0.2) is 0 Å². The van der Waals surface area contributed by atoms with Crippen LogP contribution in [0.15, 0.2) is 18.2 Å². The van der Waals surface area contributed by atoms with E-state index in [0.717, 1.165) is 0 Å². The van der Waals surface area contributed by atoms with Gasteiger partial charge in [-0.15, -0.1) is 0 Å². The van der Waals surface area contributed by atoms with E-state index in [1.54, 1.807) is 25.1 Å². The Morgan fingerprint density at radius 3 is 2.71 bits per heavy atom. The molecular weight excluding hydrogens is 218 g/mol. The van der Waals surface area contributed by atoms with E-state index in [1.165, 1.54) is 0 Å². The molecule has 1 atom stereocenters. The van der Waals surface area contributed by atoms with Crippen molar-refractivity contribution in [2.45, 2.75) is 19.4 Å². The molecular formula is C12H19N3O2. The molecule has 17 heavy (non-hydrogen) atoms. The van der Waals surface area contributed by atoms with Crippen molar-refractivity contribution in [3.05, 3.63) is 23.8 Å². The summed E-state index contributed by atoms with van der Waals surface area (Å²) in [6.45, 7) is 2.32. The Labute approximate surface area is 101 Å². The third-order valence-corrected chi connectivity index (χ3v) is 2.60. The molecule has 1 aromatic carbocycles. The third kappa shape index (κ3) is 3.35. The molecule has 0 bridgehead atoms. The molecule has 1 unspecified atom stereocenters. The number of nitrogens with two attached hydrogens (primary N) is 2. The summed E-state index contributed by atoms with van der Waals surface area (Å²) in [5.74, 6) is -0.504. The van der Waals surface area contributed by atoms with E-state index in [0.29, 0.717) is 29.9 Å². The first-order valence-corrected chi connectivity index (χ1v) is 5.51. The zero-order chi connectivity index (χ0) is 13.0. The van der Waals surface area contributed by atoms with Crippen LogP contribution in [0.3, 0.4) is 0 Å². The van der Waals surface area contributed by atoms with Gasteiger partial charge >= 0.3 is 0 Å². The fraction of sp³-hybridized carbons (Fsp3) is 0.417. The van der Waals surface area contributed by atoms with Crippen LogP contribution in [0.2, 0.25) is 0 Å². The van der Waals surface area contributed by atoms with Gasteiger partial charge in [0.05, 0.1) is 23.0 Å². The van der Waals surface area contributed by atoms with E-state index in [2.05, 4.69) is 0 Å². The molecule has 0 heterocycles. The first-order valence-electron chi connectivity index (χ1n) is 5.51. The standard InChI is InChI=1S/C12H19N3O2/c1-8(16)6-7-15(2)11-9(12(14)17)4-3-5-10(11)13/h3-5,8,16H,6-7,13H2,1-2H3,(H2,14,17). The zero-order valence-corrected chi connectivity index (χ0v) is 10.2. The average Bonchev–Trinajstić information content (AvgIpc) is 2.25. The van der Waals surface area contributed by atoms with Crippen LogP contribution in [-0.4, -0.2) is 30.7 Å². The molecule has 1 aromatic rings. The second-order valence-corrected chi connectivity index (χ2v) is 4.17. The van der Waals surface area contributed by atoms with Gasteiger partial charge in [-0.2, -0.15) is 0 Å². The van der Waals surface area contributed by atoms with Crippen molar-refractivity contribution in [3.63, 3.8) is 0 Å². The van der Waals surface area contributed by atoms with Gasteiger partial charge in [0.25, 0.3) is 5.91 Å². The van der Waals surface area contributed by atoms with E-state index >= 15 is 0 Å². The lowest BCUT2D eigenvalue weighted by Gasteiger charge is -2.23. The van der Waals surface area contributed by atoms with Crippen molar-refractivity contribution in [1.82, 2.24) is 0 Å². The van der Waals surface area contributed by atoms with Crippen LogP contribution in [0.5, 0.6) is 0 Å². The summed E-state index contributed by atoms with van der Waals surface area (Å²) in [5, 5.41) is 9.25. The maximum Gasteiger partial charge on any atom is 0.250 e. The van der Waals surface area contributed by atoms with E-state index in [1.807, 2.05) is 11.9 Å². The summed E-state index contributed by atoms with van der Waals surface area (Å²) in [6, 6.07) is 5.06. The second kappa shape index (κ2) is 5.54. The molecule has 0 radical (unpaired) electrons. The van der Waals surface area contributed by atoms with Crippen LogP contribution in [-0.2, 0) is 0 Å². The highest BCUT2D eigenvalue weighted by molar-refractivity contribution is 6.01. The molecule has 5 heteroatoms. The molecule has 0 saturated heterocycles. The summed E-state index contributed by atoms with van der Waals surface area (Å²) < 4.78 is 0. The van der Waals surface area contributed by atoms with E-state index in [-0.39, 0.29) is 6.10 Å². The minimum Gasteiger partial charge on any atom is -0.397 e. The number of rotatable bonds is 5. The summed E-state index contributed by atoms with van der Waals surface area (Å²) >= 11 is 0. The Hall–Kier alpha value is -1.75. The van der Waals surface area contributed by atoms with Crippen molar-refractivity contribution in [2.24, 2.45) is 5.73 Å². The highest BCUT2D eigenvalue weighted by Crippen LogP contribution is 2.26. The molecule has 0 aliphatic carbocycles. The fourth-order valence-electron chi connectivity index (χ4n) is 1.68. The van der Waals surface area contributed by atoms with E-state index in [9.17, 15) is 9.90 Å². The molecule has 0 fully saturated rings. The number of carbonyl (C=O) groups excluding carboxylic acids is 1. The van der Waals surface area contributed by atoms with Gasteiger partial charge in [-0.05, 0) is 25.5 Å². The molecule has 5 nitrogen and oxygen atoms in total. The van der Waals surface area contributed by atoms with Crippen molar-refractivity contribution in [2.75, 3.05) is 24.2 Å². The van der Waals surface area contributed by atoms with Crippen molar-refractivity contribution in [3.8, 4) is 0 Å². The number of para-hydroxylation sites is 1. The lowest BCUT2D eigenvalue weighted by molar-refractivity contribution is 0.100. The van der Waals surface area contributed by atoms with Crippen LogP contribution >= 0.6 is 0 Å². The van der Waals surface area contributed by atoms with Gasteiger partial charge < -0.3 is 21.5 Å². The predicted molar refractivity (Wildman–Crippen MR) is 68.9 cm³/mol. The number of hydrogen-bond acceptors (Lipinski definition) is 4. The topological polar surface area (TPSA) is 92.6 Å². The van der Waals surface area contributed by atoms with E-state index in [4.69, 9.17) is 11.5 Å². The number of nitrogens with zero attached hydrogens (tertiary/aromatic N) is 1. The van der Waals surface area contributed by atoms with Gasteiger partial charge in [0.15, 0.2) is 0 Å². The molecule has 0 aliphatic heterocycles. The Morgan fingerprint density at radius 1 is 1.53 bits per heavy atom. The van der Waals surface area contributed by atoms with Crippen LogP contribution in [0.4, 0.5) is 11.4 Å². The van der Waals surface area contributed by atoms with E-state index < -0.39 is 5.91 Å². The number of primary amides is 1. The number of nitrogen functional groups attached to an aromatic ring is 1. The highest BCUT2D eigenvalue weighted by atomic mass is 16.3. The molecule has 0 aromatic heterocycles. The number of aliphatic hydroxyl groups is 1. The minimum atomic E-state index is -0.504. The second-order valence-electron chi connectivity index (χ2n) is 4.17. The number of anilines is 2. The SMILES string of the molecule is CC(O)CCN(C)c1c(N)cccc1C(N)=O. The third-order valence-electron chi connectivity index (χ3n) is 2.60. The summed E-state index contributed by atoms with van der Waals surface area (Å²) in [7, 11) is 1.82. The molecule has 0 saturated carbocycles. The quantitative estimate of drug-likeness (QED) is 0.653. The largest absolute Gasteiger partial charge is 0.397 e. The Balaban J connectivity index is 2.98. The van der Waals surface area contributed by atoms with Crippen LogP contribution in [0, 0.1) is 0 Å². The number of hydrogen-bond donors (Lipinski definition) is 3. The van der Waals surface area contributed by atoms with Crippen molar-refractivity contribution < 1.29 is 9.90 Å². The first-order chi connectivity index (χ1) is 7.93. The van der Waals surface area contributed by atoms with Gasteiger partial charge in [-0.1, -0.05) is 6.07 Å². The van der Waals surface area contributed by atoms with Crippen LogP contribution < -0.4 is 16.4 Å². The molecule has 1 amide bonds. The van der Waals surface area contributed by atoms with Crippen molar-refractivity contribution in [1.29, 1.82) is 0 Å². The normalized spacial score (nSPS) is 12.2. The molecule has 0 aliphatic rings. The number of benzene rings is 1. The van der Waals surface area contributed by atoms with Gasteiger partial charge in [0.1, 0.15) is 0 Å². The number of aliphatic hydroxyl groups excluding tert-OH is 1. The Morgan fingerprint density at radius 2 is 2.18 bits per heavy atom. The smallest absolute Gasteiger partial charge is 0.250 e. The lowest BCUT2D eigenvalue weighted by atomic mass is 10.1. The van der Waals surface area contributed by atoms with Crippen LogP contribution in [0.1, 0.15) is 23.7 Å². The summed E-state index contributed by atoms with van der Waals surface area (Å²) in [5.41, 5.74) is 12.7. The summed E-state index contributed by atoms with van der Waals surface area (Å²) in [4.78, 5) is 13.1. The van der Waals surface area contributed by atoms with Crippen LogP contribution in [0.25, 0.3) is 0 Å². The van der Waals surface area contributed by atoms with Crippen molar-refractivity contribution >= 4 is 17.3 Å². The fourth-order valence-corrected chi connectivity index (χ4v) is 1.68. The number of amides is 1. The maximum atomic E-state index is 11.3. The highest BCUT2D eigenvalue weighted by Gasteiger charge is 2.15. The predicted octanol–water partition coefficient (Wildman–Crippen LogP) is 0.575. The average molecular weight is 237 g/mol. The molecule has 5 N–H and O–H groups in total. The lowest BCUT2D eigenvalue weighted by Crippen LogP contribution is -2.26. The maximum absolute atomic E-state index is 11.3. The number of carbonyl (C=O) groups is 1. The Bertz CT molecular complexity index is 405. The zero-order valence-electron chi connectivity index (χ0n) is 10.2. The summed E-state index contributed by atoms with van der Waals surface area (Å²) in [6.07, 6.45) is 0.211. The Kier molecular flexibility index (Phi) is 4.34. The van der Waals surface area contributed by atoms with Gasteiger partial charge in [0, 0.05) is 13.6 Å². The van der Waals surface area contributed by atoms with Gasteiger partial charge in [0.2, 0.25) is 0 Å². The van der Waals surface area contributed by atoms with Gasteiger partial charge in [-0.3, -0.25) is 4.79 Å². The minimum absolute atomic E-state index is 0.389. The molecule has 0 spiro atoms. The monoisotopic (exact) mass is 237 g/mol. The first kappa shape index (κ1) is 13.3. The molecule has 94 valence electrons.